The van der Waals surface area contributed by atoms with Crippen LogP contribution in [0.25, 0.3) is 0 Å². The van der Waals surface area contributed by atoms with E-state index >= 15 is 0 Å². The molecule has 1 fully saturated rings. The second-order valence-electron chi connectivity index (χ2n) is 7.46. The SMILES string of the molecule is COc1cc(CC[C@H]2C[C@H](O)[C@@](OC)([C@@H](O)c3cc(O)c(O)c(OC)c3)O2)ccc1O. The first-order valence-electron chi connectivity index (χ1n) is 9.80. The molecule has 5 N–H and O–H groups in total. The minimum absolute atomic E-state index is 0.0365. The molecule has 0 aliphatic carbocycles. The van der Waals surface area contributed by atoms with E-state index in [2.05, 4.69) is 0 Å². The van der Waals surface area contributed by atoms with Crippen LogP contribution in [0, 0.1) is 0 Å². The summed E-state index contributed by atoms with van der Waals surface area (Å²) in [5.41, 5.74) is 1.06. The number of phenols is 3. The lowest BCUT2D eigenvalue weighted by molar-refractivity contribution is -0.292. The molecule has 4 atom stereocenters. The van der Waals surface area contributed by atoms with Crippen molar-refractivity contribution >= 4 is 0 Å². The molecular weight excluding hydrogens is 408 g/mol. The maximum Gasteiger partial charge on any atom is 0.225 e. The molecule has 0 amide bonds. The van der Waals surface area contributed by atoms with Crippen molar-refractivity contribution in [1.82, 2.24) is 0 Å². The van der Waals surface area contributed by atoms with Gasteiger partial charge >= 0.3 is 0 Å². The van der Waals surface area contributed by atoms with Crippen molar-refractivity contribution < 1.29 is 44.5 Å². The van der Waals surface area contributed by atoms with Crippen LogP contribution in [0.2, 0.25) is 0 Å². The van der Waals surface area contributed by atoms with Crippen molar-refractivity contribution in [3.63, 3.8) is 0 Å². The summed E-state index contributed by atoms with van der Waals surface area (Å²) >= 11 is 0. The average molecular weight is 436 g/mol. The average Bonchev–Trinajstić information content (AvgIpc) is 3.10. The number of aliphatic hydroxyl groups is 2. The number of aryl methyl sites for hydroxylation is 1. The van der Waals surface area contributed by atoms with Crippen molar-refractivity contribution in [2.45, 2.75) is 43.4 Å². The van der Waals surface area contributed by atoms with Gasteiger partial charge in [-0.3, -0.25) is 0 Å². The van der Waals surface area contributed by atoms with Crippen LogP contribution >= 0.6 is 0 Å². The largest absolute Gasteiger partial charge is 0.504 e. The fourth-order valence-corrected chi connectivity index (χ4v) is 3.88. The molecule has 0 spiro atoms. The van der Waals surface area contributed by atoms with E-state index in [9.17, 15) is 25.5 Å². The summed E-state index contributed by atoms with van der Waals surface area (Å²) in [6.07, 6.45) is -1.70. The van der Waals surface area contributed by atoms with E-state index in [1.165, 1.54) is 27.4 Å². The summed E-state index contributed by atoms with van der Waals surface area (Å²) in [5, 5.41) is 51.2. The van der Waals surface area contributed by atoms with Crippen LogP contribution in [0.3, 0.4) is 0 Å². The molecule has 1 heterocycles. The molecule has 0 saturated carbocycles. The molecule has 0 aromatic heterocycles. The Bertz CT molecular complexity index is 916. The lowest BCUT2D eigenvalue weighted by atomic mass is 9.95. The Morgan fingerprint density at radius 3 is 2.39 bits per heavy atom. The number of methoxy groups -OCH3 is 3. The third kappa shape index (κ3) is 4.35. The Morgan fingerprint density at radius 1 is 1.03 bits per heavy atom. The third-order valence-corrected chi connectivity index (χ3v) is 5.61. The molecular formula is C22H28O9. The Hall–Kier alpha value is -2.72. The molecule has 1 aliphatic rings. The molecule has 1 saturated heterocycles. The highest BCUT2D eigenvalue weighted by atomic mass is 16.7. The Balaban J connectivity index is 1.77. The van der Waals surface area contributed by atoms with Crippen LogP contribution in [0.4, 0.5) is 0 Å². The van der Waals surface area contributed by atoms with Crippen molar-refractivity contribution in [3.8, 4) is 28.7 Å². The minimum atomic E-state index is -1.76. The third-order valence-electron chi connectivity index (χ3n) is 5.61. The van der Waals surface area contributed by atoms with Gasteiger partial charge in [0.25, 0.3) is 0 Å². The molecule has 0 radical (unpaired) electrons. The van der Waals surface area contributed by atoms with E-state index in [1.807, 2.05) is 0 Å². The van der Waals surface area contributed by atoms with E-state index in [-0.39, 0.29) is 23.5 Å². The van der Waals surface area contributed by atoms with Crippen LogP contribution < -0.4 is 9.47 Å². The van der Waals surface area contributed by atoms with E-state index in [0.717, 1.165) is 11.6 Å². The molecule has 3 rings (SSSR count). The Morgan fingerprint density at radius 2 is 1.74 bits per heavy atom. The molecule has 0 unspecified atom stereocenters. The van der Waals surface area contributed by atoms with Crippen LogP contribution in [0.5, 0.6) is 28.7 Å². The minimum Gasteiger partial charge on any atom is -0.504 e. The van der Waals surface area contributed by atoms with Gasteiger partial charge in [-0.1, -0.05) is 6.07 Å². The fourth-order valence-electron chi connectivity index (χ4n) is 3.88. The maximum absolute atomic E-state index is 11.0. The van der Waals surface area contributed by atoms with Crippen LogP contribution in [0.15, 0.2) is 30.3 Å². The van der Waals surface area contributed by atoms with Gasteiger partial charge in [-0.15, -0.1) is 0 Å². The van der Waals surface area contributed by atoms with Gasteiger partial charge in [0.05, 0.1) is 20.3 Å². The summed E-state index contributed by atoms with van der Waals surface area (Å²) in [6.45, 7) is 0. The van der Waals surface area contributed by atoms with E-state index < -0.39 is 35.6 Å². The predicted octanol–water partition coefficient (Wildman–Crippen LogP) is 1.98. The number of aliphatic hydroxyl groups excluding tert-OH is 2. The number of benzene rings is 2. The van der Waals surface area contributed by atoms with E-state index in [4.69, 9.17) is 18.9 Å². The molecule has 9 heteroatoms. The summed E-state index contributed by atoms with van der Waals surface area (Å²) in [4.78, 5) is 0. The summed E-state index contributed by atoms with van der Waals surface area (Å²) < 4.78 is 21.6. The zero-order valence-electron chi connectivity index (χ0n) is 17.6. The van der Waals surface area contributed by atoms with E-state index in [0.29, 0.717) is 18.6 Å². The second kappa shape index (κ2) is 9.19. The number of phenolic OH excluding ortho intramolecular Hbond substituents is 3. The number of aromatic hydroxyl groups is 3. The van der Waals surface area contributed by atoms with Gasteiger partial charge in [0.15, 0.2) is 23.0 Å². The zero-order valence-corrected chi connectivity index (χ0v) is 17.6. The number of rotatable bonds is 8. The van der Waals surface area contributed by atoms with Gasteiger partial charge in [0.2, 0.25) is 11.5 Å². The molecule has 2 aromatic carbocycles. The molecule has 31 heavy (non-hydrogen) atoms. The standard InChI is InChI=1S/C22H28O9/c1-28-17-8-12(5-7-15(17)23)4-6-14-11-19(25)22(30-3,31-14)21(27)13-9-16(24)20(26)18(10-13)29-2/h5,7-10,14,19,21,23-27H,4,6,11H2,1-3H3/t14-,19-,21-,22-/m0/s1. The van der Waals surface area contributed by atoms with Crippen molar-refractivity contribution in [3.05, 3.63) is 41.5 Å². The van der Waals surface area contributed by atoms with Crippen LogP contribution in [-0.2, 0) is 15.9 Å². The summed E-state index contributed by atoms with van der Waals surface area (Å²) in [6, 6.07) is 7.55. The van der Waals surface area contributed by atoms with Gasteiger partial charge in [0, 0.05) is 13.5 Å². The van der Waals surface area contributed by atoms with Gasteiger partial charge < -0.3 is 44.5 Å². The van der Waals surface area contributed by atoms with Gasteiger partial charge in [-0.25, -0.2) is 0 Å². The molecule has 0 bridgehead atoms. The highest BCUT2D eigenvalue weighted by Gasteiger charge is 2.54. The Labute approximate surface area is 180 Å². The highest BCUT2D eigenvalue weighted by Crippen LogP contribution is 2.46. The van der Waals surface area contributed by atoms with Crippen molar-refractivity contribution in [2.24, 2.45) is 0 Å². The quantitative estimate of drug-likeness (QED) is 0.393. The smallest absolute Gasteiger partial charge is 0.225 e. The van der Waals surface area contributed by atoms with Crippen LogP contribution in [-0.4, -0.2) is 64.9 Å². The van der Waals surface area contributed by atoms with Gasteiger partial charge in [-0.05, 0) is 48.2 Å². The van der Waals surface area contributed by atoms with E-state index in [1.54, 1.807) is 18.2 Å². The van der Waals surface area contributed by atoms with Gasteiger partial charge in [-0.2, -0.15) is 0 Å². The molecule has 2 aromatic rings. The molecule has 9 nitrogen and oxygen atoms in total. The number of hydrogen-bond donors (Lipinski definition) is 5. The van der Waals surface area contributed by atoms with Crippen molar-refractivity contribution in [1.29, 1.82) is 0 Å². The van der Waals surface area contributed by atoms with Crippen LogP contribution in [0.1, 0.15) is 30.1 Å². The lowest BCUT2D eigenvalue weighted by Crippen LogP contribution is -2.47. The first-order chi connectivity index (χ1) is 14.7. The summed E-state index contributed by atoms with van der Waals surface area (Å²) in [5.74, 6) is -2.32. The van der Waals surface area contributed by atoms with Crippen molar-refractivity contribution in [2.75, 3.05) is 21.3 Å². The molecule has 170 valence electrons. The lowest BCUT2D eigenvalue weighted by Gasteiger charge is -2.35. The zero-order chi connectivity index (χ0) is 22.8. The summed E-state index contributed by atoms with van der Waals surface area (Å²) in [7, 11) is 4.10. The highest BCUT2D eigenvalue weighted by molar-refractivity contribution is 5.52. The maximum atomic E-state index is 11.0. The second-order valence-corrected chi connectivity index (χ2v) is 7.46. The molecule has 1 aliphatic heterocycles. The topological polar surface area (TPSA) is 138 Å². The Kier molecular flexibility index (Phi) is 6.80. The van der Waals surface area contributed by atoms with Gasteiger partial charge in [0.1, 0.15) is 12.2 Å². The fraction of sp³-hybridized carbons (Fsp3) is 0.455. The normalized spacial score (nSPS) is 24.2. The number of hydrogen-bond acceptors (Lipinski definition) is 9. The predicted molar refractivity (Wildman–Crippen MR) is 110 cm³/mol. The number of ether oxygens (including phenoxy) is 4. The monoisotopic (exact) mass is 436 g/mol. The first-order valence-corrected chi connectivity index (χ1v) is 9.80. The first kappa shape index (κ1) is 23.0.